The van der Waals surface area contributed by atoms with E-state index in [2.05, 4.69) is 44.9 Å². The third kappa shape index (κ3) is 4.81. The van der Waals surface area contributed by atoms with E-state index in [0.29, 0.717) is 31.3 Å². The zero-order valence-corrected chi connectivity index (χ0v) is 21.4. The van der Waals surface area contributed by atoms with Gasteiger partial charge in [0.25, 0.3) is 0 Å². The van der Waals surface area contributed by atoms with Crippen molar-refractivity contribution in [3.05, 3.63) is 35.4 Å². The molecule has 1 saturated heterocycles. The van der Waals surface area contributed by atoms with Crippen LogP contribution in [0.2, 0.25) is 0 Å². The van der Waals surface area contributed by atoms with Crippen molar-refractivity contribution in [2.24, 2.45) is 28.2 Å². The van der Waals surface area contributed by atoms with Gasteiger partial charge in [0.15, 0.2) is 0 Å². The van der Waals surface area contributed by atoms with Gasteiger partial charge in [0.2, 0.25) is 0 Å². The predicted octanol–water partition coefficient (Wildman–Crippen LogP) is 3.78. The molecule has 0 spiro atoms. The van der Waals surface area contributed by atoms with Crippen LogP contribution < -0.4 is 5.32 Å². The summed E-state index contributed by atoms with van der Waals surface area (Å²) in [6.07, 6.45) is 4.61. The number of hydrogen-bond acceptors (Lipinski definition) is 5. The third-order valence-corrected chi connectivity index (χ3v) is 8.53. The van der Waals surface area contributed by atoms with Crippen molar-refractivity contribution in [1.29, 1.82) is 0 Å². The molecule has 4 aliphatic rings. The fraction of sp³-hybridized carbons (Fsp3) is 0.692. The van der Waals surface area contributed by atoms with E-state index in [1.807, 2.05) is 31.2 Å². The fourth-order valence-electron chi connectivity index (χ4n) is 6.40. The van der Waals surface area contributed by atoms with Crippen LogP contribution in [0.25, 0.3) is 0 Å². The summed E-state index contributed by atoms with van der Waals surface area (Å²) >= 11 is 0. The van der Waals surface area contributed by atoms with E-state index >= 15 is 0 Å². The molecule has 182 valence electrons. The Labute approximate surface area is 205 Å². The molecule has 6 nitrogen and oxygen atoms in total. The van der Waals surface area contributed by atoms with Crippen LogP contribution in [0.15, 0.2) is 29.3 Å². The molecule has 5 rings (SSSR count). The SMILES string of the molecule is Cc1ccc(C[C@H](/N=C\B=O)C(=O)N[C@@H](CC(C)C)B2O[C@@H]3C[C@@H]4C[C@@H](C4(C)C)[C@]3(C)O2)cc1. The molecule has 8 heteroatoms. The van der Waals surface area contributed by atoms with Gasteiger partial charge < -0.3 is 0 Å². The average molecular weight is 464 g/mol. The summed E-state index contributed by atoms with van der Waals surface area (Å²) in [5.41, 5.74) is 2.11. The van der Waals surface area contributed by atoms with Gasteiger partial charge in [0, 0.05) is 0 Å². The van der Waals surface area contributed by atoms with Gasteiger partial charge in [-0.25, -0.2) is 0 Å². The Balaban J connectivity index is 1.49. The molecular formula is C26H38B2N2O4. The molecule has 6 atom stereocenters. The summed E-state index contributed by atoms with van der Waals surface area (Å²) in [5, 5.41) is 3.19. The number of aryl methyl sites for hydroxylation is 1. The van der Waals surface area contributed by atoms with Gasteiger partial charge in [-0.05, 0) is 0 Å². The molecule has 0 aromatic heterocycles. The molecule has 1 aliphatic heterocycles. The average Bonchev–Trinajstić information content (AvgIpc) is 3.14. The second-order valence-electron chi connectivity index (χ2n) is 11.7. The molecule has 3 saturated carbocycles. The van der Waals surface area contributed by atoms with E-state index in [-0.39, 0.29) is 29.0 Å². The molecule has 1 aromatic rings. The van der Waals surface area contributed by atoms with Gasteiger partial charge in [0.1, 0.15) is 0 Å². The molecule has 0 radical (unpaired) electrons. The van der Waals surface area contributed by atoms with Crippen LogP contribution in [-0.4, -0.2) is 50.0 Å². The summed E-state index contributed by atoms with van der Waals surface area (Å²) in [6, 6.07) is 7.35. The molecule has 1 N–H and O–H groups in total. The normalized spacial score (nSPS) is 31.0. The number of aliphatic imine (C=N–C) groups is 1. The molecule has 0 unspecified atom stereocenters. The zero-order valence-electron chi connectivity index (χ0n) is 21.4. The van der Waals surface area contributed by atoms with Gasteiger partial charge >= 0.3 is 205 Å². The summed E-state index contributed by atoms with van der Waals surface area (Å²) in [4.78, 5) is 17.6. The Hall–Kier alpha value is -1.79. The number of benzene rings is 1. The van der Waals surface area contributed by atoms with Crippen LogP contribution >= 0.6 is 0 Å². The number of hydrogen-bond donors (Lipinski definition) is 1. The van der Waals surface area contributed by atoms with Gasteiger partial charge in [-0.1, -0.05) is 0 Å². The van der Waals surface area contributed by atoms with Crippen molar-refractivity contribution < 1.29 is 18.8 Å². The summed E-state index contributed by atoms with van der Waals surface area (Å²) in [7, 11) is 0.135. The molecule has 1 heterocycles. The second kappa shape index (κ2) is 9.69. The first kappa shape index (κ1) is 25.3. The first-order valence-electron chi connectivity index (χ1n) is 12.7. The predicted molar refractivity (Wildman–Crippen MR) is 135 cm³/mol. The summed E-state index contributed by atoms with van der Waals surface area (Å²) in [5.74, 6) is 1.01. The molecule has 4 fully saturated rings. The second-order valence-corrected chi connectivity index (χ2v) is 11.7. The van der Waals surface area contributed by atoms with Crippen LogP contribution in [0.4, 0.5) is 0 Å². The summed E-state index contributed by atoms with van der Waals surface area (Å²) < 4.78 is 24.1. The van der Waals surface area contributed by atoms with Crippen molar-refractivity contribution in [2.45, 2.75) is 90.9 Å². The zero-order chi connectivity index (χ0) is 24.7. The number of rotatable bonds is 9. The van der Waals surface area contributed by atoms with Crippen LogP contribution in [-0.2, 0) is 25.2 Å². The van der Waals surface area contributed by atoms with Crippen LogP contribution in [0.1, 0.15) is 65.0 Å². The first-order chi connectivity index (χ1) is 16.0. The van der Waals surface area contributed by atoms with E-state index in [4.69, 9.17) is 9.31 Å². The van der Waals surface area contributed by atoms with Crippen molar-refractivity contribution in [3.8, 4) is 0 Å². The van der Waals surface area contributed by atoms with E-state index in [1.165, 1.54) is 12.5 Å². The number of carbonyl (C=O) groups is 1. The van der Waals surface area contributed by atoms with Crippen molar-refractivity contribution in [2.75, 3.05) is 0 Å². The monoisotopic (exact) mass is 464 g/mol. The van der Waals surface area contributed by atoms with Gasteiger partial charge in [-0.3, -0.25) is 0 Å². The van der Waals surface area contributed by atoms with Crippen LogP contribution in [0.3, 0.4) is 0 Å². The van der Waals surface area contributed by atoms with Crippen molar-refractivity contribution in [1.82, 2.24) is 5.32 Å². The van der Waals surface area contributed by atoms with E-state index in [0.717, 1.165) is 24.0 Å². The Morgan fingerprint density at radius 3 is 2.59 bits per heavy atom. The maximum atomic E-state index is 13.4. The Kier molecular flexibility index (Phi) is 7.21. The van der Waals surface area contributed by atoms with E-state index in [1.54, 1.807) is 0 Å². The number of carbonyl (C=O) groups excluding carboxylic acids is 1. The Morgan fingerprint density at radius 2 is 1.97 bits per heavy atom. The minimum atomic E-state index is -0.686. The van der Waals surface area contributed by atoms with E-state index in [9.17, 15) is 9.50 Å². The fourth-order valence-corrected chi connectivity index (χ4v) is 6.40. The van der Waals surface area contributed by atoms with Gasteiger partial charge in [-0.2, -0.15) is 0 Å². The number of amides is 1. The standard InChI is InChI=1S/C26H38B2N2O4/c1-16(2)11-23(28-33-22-14-19-13-21(25(19,4)5)26(22,6)34-28)30-24(31)20(29-15-27-32)12-18-9-7-17(3)8-10-18/h7-10,15-16,19-23H,11-14H2,1-6H3,(H,30,31)/b29-15-/t19-,20-,21-,22+,23-,26-/m0/s1. The quantitative estimate of drug-likeness (QED) is 0.446. The minimum absolute atomic E-state index is 0.0669. The summed E-state index contributed by atoms with van der Waals surface area (Å²) in [6.45, 7) is 13.2. The van der Waals surface area contributed by atoms with Crippen LogP contribution in [0.5, 0.6) is 0 Å². The van der Waals surface area contributed by atoms with Crippen molar-refractivity contribution in [3.63, 3.8) is 0 Å². The Morgan fingerprint density at radius 1 is 1.26 bits per heavy atom. The third-order valence-electron chi connectivity index (χ3n) is 8.53. The number of nitrogens with zero attached hydrogens (tertiary/aromatic N) is 1. The van der Waals surface area contributed by atoms with Gasteiger partial charge in [-0.15, -0.1) is 0 Å². The molecule has 1 amide bonds. The van der Waals surface area contributed by atoms with Crippen LogP contribution in [0, 0.1) is 30.1 Å². The topological polar surface area (TPSA) is 77.0 Å². The first-order valence-corrected chi connectivity index (χ1v) is 12.7. The molecule has 2 bridgehead atoms. The van der Waals surface area contributed by atoms with Gasteiger partial charge in [0.05, 0.1) is 0 Å². The van der Waals surface area contributed by atoms with E-state index < -0.39 is 13.2 Å². The maximum absolute atomic E-state index is 13.4. The Bertz CT molecular complexity index is 935. The molecular weight excluding hydrogens is 426 g/mol. The number of nitrogens with one attached hydrogen (secondary N) is 1. The van der Waals surface area contributed by atoms with Crippen molar-refractivity contribution >= 4 is 26.3 Å². The molecule has 1 aromatic carbocycles. The molecule has 3 aliphatic carbocycles. The molecule has 34 heavy (non-hydrogen) atoms.